The number of hydrogen-bond acceptors (Lipinski definition) is 3. The Hall–Kier alpha value is -1.82. The summed E-state index contributed by atoms with van der Waals surface area (Å²) in [5.74, 6) is -0.422. The van der Waals surface area contributed by atoms with Crippen LogP contribution in [0.15, 0.2) is 34.9 Å². The molecule has 1 fully saturated rings. The monoisotopic (exact) mass is 306 g/mol. The quantitative estimate of drug-likeness (QED) is 0.914. The highest BCUT2D eigenvalue weighted by atomic mass is 32.2. The van der Waals surface area contributed by atoms with E-state index in [2.05, 4.69) is 5.32 Å². The van der Waals surface area contributed by atoms with E-state index in [4.69, 9.17) is 0 Å². The third kappa shape index (κ3) is 2.44. The van der Waals surface area contributed by atoms with Crippen LogP contribution in [0.3, 0.4) is 0 Å². The van der Waals surface area contributed by atoms with Crippen molar-refractivity contribution < 1.29 is 14.0 Å². The molecule has 21 heavy (non-hydrogen) atoms. The molecule has 2 unspecified atom stereocenters. The van der Waals surface area contributed by atoms with Crippen molar-refractivity contribution in [2.45, 2.75) is 25.1 Å². The fourth-order valence-electron chi connectivity index (χ4n) is 2.67. The molecule has 1 aromatic rings. The molecule has 2 aliphatic heterocycles. The standard InChI is InChI=1S/C15H15FN2O2S/c1-8-7-18-14(21-8)12(9(2)19)13(17-15(18)20)10-3-5-11(16)6-4-10/h3-6,8,13H,7H2,1-2H3,(H,17,20). The van der Waals surface area contributed by atoms with Gasteiger partial charge in [0.2, 0.25) is 0 Å². The van der Waals surface area contributed by atoms with Crippen molar-refractivity contribution in [3.63, 3.8) is 0 Å². The largest absolute Gasteiger partial charge is 0.327 e. The Bertz CT molecular complexity index is 642. The molecule has 1 N–H and O–H groups in total. The van der Waals surface area contributed by atoms with Crippen LogP contribution in [0, 0.1) is 5.82 Å². The lowest BCUT2D eigenvalue weighted by Gasteiger charge is -2.32. The lowest BCUT2D eigenvalue weighted by atomic mass is 9.95. The van der Waals surface area contributed by atoms with Crippen molar-refractivity contribution in [1.82, 2.24) is 10.2 Å². The highest BCUT2D eigenvalue weighted by molar-refractivity contribution is 8.04. The maximum Gasteiger partial charge on any atom is 0.323 e. The van der Waals surface area contributed by atoms with E-state index < -0.39 is 6.04 Å². The number of amides is 2. The van der Waals surface area contributed by atoms with E-state index in [1.165, 1.54) is 19.1 Å². The van der Waals surface area contributed by atoms with Crippen LogP contribution in [0.1, 0.15) is 25.5 Å². The van der Waals surface area contributed by atoms with Gasteiger partial charge in [0.1, 0.15) is 5.82 Å². The Morgan fingerprint density at radius 2 is 2.05 bits per heavy atom. The number of hydrogen-bond donors (Lipinski definition) is 1. The van der Waals surface area contributed by atoms with Gasteiger partial charge in [-0.15, -0.1) is 11.8 Å². The Morgan fingerprint density at radius 3 is 2.67 bits per heavy atom. The fraction of sp³-hybridized carbons (Fsp3) is 0.333. The van der Waals surface area contributed by atoms with Crippen LogP contribution in [-0.4, -0.2) is 28.5 Å². The van der Waals surface area contributed by atoms with Crippen LogP contribution in [0.25, 0.3) is 0 Å². The molecule has 2 amide bonds. The van der Waals surface area contributed by atoms with E-state index in [1.54, 1.807) is 28.8 Å². The van der Waals surface area contributed by atoms with E-state index in [0.29, 0.717) is 17.7 Å². The number of nitrogens with zero attached hydrogens (tertiary/aromatic N) is 1. The molecule has 2 heterocycles. The first-order chi connectivity index (χ1) is 9.97. The number of ketones is 1. The second-order valence-corrected chi connectivity index (χ2v) is 6.68. The Morgan fingerprint density at radius 1 is 1.38 bits per heavy atom. The molecule has 0 spiro atoms. The smallest absolute Gasteiger partial charge is 0.323 e. The van der Waals surface area contributed by atoms with Gasteiger partial charge in [0, 0.05) is 11.8 Å². The first kappa shape index (κ1) is 14.1. The normalized spacial score (nSPS) is 24.9. The first-order valence-electron chi connectivity index (χ1n) is 6.72. The van der Waals surface area contributed by atoms with Gasteiger partial charge in [-0.25, -0.2) is 9.18 Å². The Labute approximate surface area is 126 Å². The molecule has 1 aromatic carbocycles. The lowest BCUT2D eigenvalue weighted by molar-refractivity contribution is -0.114. The average Bonchev–Trinajstić information content (AvgIpc) is 2.81. The summed E-state index contributed by atoms with van der Waals surface area (Å²) in [4.78, 5) is 25.9. The first-order valence-corrected chi connectivity index (χ1v) is 7.60. The zero-order valence-electron chi connectivity index (χ0n) is 11.7. The summed E-state index contributed by atoms with van der Waals surface area (Å²) in [7, 11) is 0. The van der Waals surface area contributed by atoms with E-state index in [0.717, 1.165) is 5.03 Å². The van der Waals surface area contributed by atoms with Crippen molar-refractivity contribution in [3.05, 3.63) is 46.2 Å². The van der Waals surface area contributed by atoms with E-state index in [1.807, 2.05) is 6.92 Å². The molecule has 110 valence electrons. The second kappa shape index (κ2) is 5.18. The SMILES string of the molecule is CC(=O)C1=C2SC(C)CN2C(=O)NC1c1ccc(F)cc1. The van der Waals surface area contributed by atoms with Crippen molar-refractivity contribution >= 4 is 23.6 Å². The van der Waals surface area contributed by atoms with Crippen LogP contribution < -0.4 is 5.32 Å². The van der Waals surface area contributed by atoms with Crippen molar-refractivity contribution in [1.29, 1.82) is 0 Å². The highest BCUT2D eigenvalue weighted by Gasteiger charge is 2.40. The highest BCUT2D eigenvalue weighted by Crippen LogP contribution is 2.42. The van der Waals surface area contributed by atoms with Crippen molar-refractivity contribution in [2.75, 3.05) is 6.54 Å². The average molecular weight is 306 g/mol. The fourth-order valence-corrected chi connectivity index (χ4v) is 3.95. The second-order valence-electron chi connectivity index (χ2n) is 5.25. The van der Waals surface area contributed by atoms with Crippen molar-refractivity contribution in [3.8, 4) is 0 Å². The molecule has 6 heteroatoms. The molecule has 0 bridgehead atoms. The number of fused-ring (bicyclic) bond motifs is 1. The van der Waals surface area contributed by atoms with Crippen LogP contribution in [-0.2, 0) is 4.79 Å². The molecule has 0 saturated carbocycles. The number of carbonyl (C=O) groups excluding carboxylic acids is 2. The number of nitrogens with one attached hydrogen (secondary N) is 1. The lowest BCUT2D eigenvalue weighted by Crippen LogP contribution is -2.46. The predicted molar refractivity (Wildman–Crippen MR) is 79.1 cm³/mol. The van der Waals surface area contributed by atoms with Crippen LogP contribution in [0.4, 0.5) is 9.18 Å². The van der Waals surface area contributed by atoms with E-state index >= 15 is 0 Å². The Kier molecular flexibility index (Phi) is 3.49. The van der Waals surface area contributed by atoms with Gasteiger partial charge >= 0.3 is 6.03 Å². The van der Waals surface area contributed by atoms with Gasteiger partial charge in [0.25, 0.3) is 0 Å². The van der Waals surface area contributed by atoms with Crippen LogP contribution in [0.5, 0.6) is 0 Å². The maximum atomic E-state index is 13.1. The molecule has 1 saturated heterocycles. The molecule has 4 nitrogen and oxygen atoms in total. The molecule has 0 aromatic heterocycles. The zero-order chi connectivity index (χ0) is 15.1. The predicted octanol–water partition coefficient (Wildman–Crippen LogP) is 2.83. The van der Waals surface area contributed by atoms with Gasteiger partial charge < -0.3 is 5.32 Å². The minimum absolute atomic E-state index is 0.0778. The number of benzene rings is 1. The summed E-state index contributed by atoms with van der Waals surface area (Å²) in [5.41, 5.74) is 1.29. The zero-order valence-corrected chi connectivity index (χ0v) is 12.5. The van der Waals surface area contributed by atoms with Crippen LogP contribution in [0.2, 0.25) is 0 Å². The van der Waals surface area contributed by atoms with Gasteiger partial charge in [-0.1, -0.05) is 19.1 Å². The number of rotatable bonds is 2. The number of Topliss-reactive ketones (excluding diaryl/α,β-unsaturated/α-hetero) is 1. The van der Waals surface area contributed by atoms with Gasteiger partial charge in [-0.05, 0) is 24.6 Å². The summed E-state index contributed by atoms with van der Waals surface area (Å²) < 4.78 is 13.1. The van der Waals surface area contributed by atoms with Gasteiger partial charge in [-0.2, -0.15) is 0 Å². The summed E-state index contributed by atoms with van der Waals surface area (Å²) in [6.45, 7) is 4.12. The molecule has 0 aliphatic carbocycles. The van der Waals surface area contributed by atoms with Crippen molar-refractivity contribution in [2.24, 2.45) is 0 Å². The molecular formula is C15H15FN2O2S. The molecule has 2 aliphatic rings. The third-order valence-corrected chi connectivity index (χ3v) is 4.83. The van der Waals surface area contributed by atoms with Gasteiger partial charge in [0.05, 0.1) is 16.6 Å². The Balaban J connectivity index is 2.10. The summed E-state index contributed by atoms with van der Waals surface area (Å²) in [6.07, 6.45) is 0. The third-order valence-electron chi connectivity index (χ3n) is 3.61. The minimum Gasteiger partial charge on any atom is -0.327 e. The van der Waals surface area contributed by atoms with E-state index in [9.17, 15) is 14.0 Å². The number of halogens is 1. The number of urea groups is 1. The molecule has 0 radical (unpaired) electrons. The minimum atomic E-state index is -0.514. The molecule has 3 rings (SSSR count). The summed E-state index contributed by atoms with van der Waals surface area (Å²) >= 11 is 1.54. The number of thioether (sulfide) groups is 1. The summed E-state index contributed by atoms with van der Waals surface area (Å²) in [6, 6.07) is 5.15. The molecular weight excluding hydrogens is 291 g/mol. The maximum absolute atomic E-state index is 13.1. The van der Waals surface area contributed by atoms with E-state index in [-0.39, 0.29) is 22.9 Å². The number of carbonyl (C=O) groups is 2. The summed E-state index contributed by atoms with van der Waals surface area (Å²) in [5, 5.41) is 3.83. The topological polar surface area (TPSA) is 49.4 Å². The molecule has 2 atom stereocenters. The van der Waals surface area contributed by atoms with Gasteiger partial charge in [0.15, 0.2) is 5.78 Å². The van der Waals surface area contributed by atoms with Crippen LogP contribution >= 0.6 is 11.8 Å². The van der Waals surface area contributed by atoms with Gasteiger partial charge in [-0.3, -0.25) is 9.69 Å².